The average molecular weight is 288 g/mol. The van der Waals surface area contributed by atoms with E-state index in [0.29, 0.717) is 0 Å². The lowest BCUT2D eigenvalue weighted by molar-refractivity contribution is -0.384. The number of nitro benzene ring substituents is 1. The average Bonchev–Trinajstić information content (AvgIpc) is 2.87. The molecule has 1 aromatic carbocycles. The number of nitro groups is 1. The molecular formula is C14H17BN2O4. The minimum atomic E-state index is -0.536. The molecule has 0 bridgehead atoms. The van der Waals surface area contributed by atoms with Crippen molar-refractivity contribution in [2.75, 3.05) is 0 Å². The van der Waals surface area contributed by atoms with Crippen LogP contribution in [0.2, 0.25) is 0 Å². The Morgan fingerprint density at radius 1 is 1.19 bits per heavy atom. The first kappa shape index (κ1) is 14.1. The molecule has 0 spiro atoms. The van der Waals surface area contributed by atoms with Crippen LogP contribution in [0, 0.1) is 10.1 Å². The molecule has 1 saturated heterocycles. The number of aromatic nitrogens is 1. The number of hydrogen-bond acceptors (Lipinski definition) is 4. The van der Waals surface area contributed by atoms with Gasteiger partial charge in [-0.25, -0.2) is 0 Å². The Morgan fingerprint density at radius 3 is 2.38 bits per heavy atom. The van der Waals surface area contributed by atoms with Gasteiger partial charge in [-0.3, -0.25) is 10.1 Å². The second kappa shape index (κ2) is 4.32. The van der Waals surface area contributed by atoms with Gasteiger partial charge in [0.05, 0.1) is 16.1 Å². The van der Waals surface area contributed by atoms with Gasteiger partial charge in [0.2, 0.25) is 0 Å². The Labute approximate surface area is 122 Å². The summed E-state index contributed by atoms with van der Waals surface area (Å²) in [5.74, 6) is 0. The molecule has 7 heteroatoms. The standard InChI is InChI=1S/C14H17BN2O4/c1-13(2)14(3,4)21-15(20-13)11-8-16-12-6-5-9(17(18)19)7-10(11)12/h5-8,16H,1-4H3. The Morgan fingerprint density at radius 2 is 1.81 bits per heavy atom. The van der Waals surface area contributed by atoms with Gasteiger partial charge in [-0.05, 0) is 33.8 Å². The van der Waals surface area contributed by atoms with Crippen molar-refractivity contribution in [3.05, 3.63) is 34.5 Å². The van der Waals surface area contributed by atoms with E-state index in [-0.39, 0.29) is 5.69 Å². The lowest BCUT2D eigenvalue weighted by Crippen LogP contribution is -2.41. The quantitative estimate of drug-likeness (QED) is 0.523. The predicted octanol–water partition coefficient (Wildman–Crippen LogP) is 2.38. The van der Waals surface area contributed by atoms with Crippen molar-refractivity contribution in [3.63, 3.8) is 0 Å². The third-order valence-electron chi connectivity index (χ3n) is 4.42. The van der Waals surface area contributed by atoms with Crippen LogP contribution in [0.4, 0.5) is 5.69 Å². The topological polar surface area (TPSA) is 77.4 Å². The van der Waals surface area contributed by atoms with Gasteiger partial charge < -0.3 is 14.3 Å². The Kier molecular flexibility index (Phi) is 2.90. The highest BCUT2D eigenvalue weighted by molar-refractivity contribution is 6.65. The van der Waals surface area contributed by atoms with E-state index in [9.17, 15) is 10.1 Å². The lowest BCUT2D eigenvalue weighted by Gasteiger charge is -2.32. The second-order valence-corrected chi connectivity index (χ2v) is 6.32. The van der Waals surface area contributed by atoms with E-state index in [4.69, 9.17) is 9.31 Å². The highest BCUT2D eigenvalue weighted by atomic mass is 16.7. The van der Waals surface area contributed by atoms with Crippen LogP contribution in [0.1, 0.15) is 27.7 Å². The number of nitrogens with one attached hydrogen (secondary N) is 1. The van der Waals surface area contributed by atoms with Gasteiger partial charge in [-0.15, -0.1) is 0 Å². The summed E-state index contributed by atoms with van der Waals surface area (Å²) in [5, 5.41) is 11.7. The summed E-state index contributed by atoms with van der Waals surface area (Å²) in [6.07, 6.45) is 1.79. The van der Waals surface area contributed by atoms with E-state index >= 15 is 0 Å². The minimum absolute atomic E-state index is 0.0554. The number of non-ortho nitro benzene ring substituents is 1. The minimum Gasteiger partial charge on any atom is -0.399 e. The molecule has 1 N–H and O–H groups in total. The van der Waals surface area contributed by atoms with Crippen LogP contribution >= 0.6 is 0 Å². The zero-order chi connectivity index (χ0) is 15.4. The first-order valence-electron chi connectivity index (χ1n) is 6.82. The molecule has 0 atom stereocenters. The molecule has 110 valence electrons. The number of H-pyrrole nitrogens is 1. The predicted molar refractivity (Wildman–Crippen MR) is 80.7 cm³/mol. The Bertz CT molecular complexity index is 707. The van der Waals surface area contributed by atoms with Gasteiger partial charge in [-0.2, -0.15) is 0 Å². The van der Waals surface area contributed by atoms with Crippen molar-refractivity contribution in [1.82, 2.24) is 4.98 Å². The van der Waals surface area contributed by atoms with Crippen LogP contribution < -0.4 is 5.46 Å². The third-order valence-corrected chi connectivity index (χ3v) is 4.42. The van der Waals surface area contributed by atoms with Crippen molar-refractivity contribution >= 4 is 29.2 Å². The molecule has 0 radical (unpaired) electrons. The largest absolute Gasteiger partial charge is 0.497 e. The van der Waals surface area contributed by atoms with Crippen LogP contribution in [0.3, 0.4) is 0 Å². The van der Waals surface area contributed by atoms with Crippen molar-refractivity contribution in [1.29, 1.82) is 0 Å². The van der Waals surface area contributed by atoms with Crippen LogP contribution in [0.15, 0.2) is 24.4 Å². The molecule has 21 heavy (non-hydrogen) atoms. The molecule has 0 aliphatic carbocycles. The normalized spacial score (nSPS) is 20.1. The molecular weight excluding hydrogens is 271 g/mol. The third kappa shape index (κ3) is 2.13. The van der Waals surface area contributed by atoms with Crippen molar-refractivity contribution in [2.24, 2.45) is 0 Å². The van der Waals surface area contributed by atoms with Gasteiger partial charge in [0.15, 0.2) is 0 Å². The first-order chi connectivity index (χ1) is 9.71. The van der Waals surface area contributed by atoms with Crippen LogP contribution in [0.5, 0.6) is 0 Å². The van der Waals surface area contributed by atoms with Gasteiger partial charge in [-0.1, -0.05) is 0 Å². The van der Waals surface area contributed by atoms with Gasteiger partial charge in [0.25, 0.3) is 5.69 Å². The summed E-state index contributed by atoms with van der Waals surface area (Å²) < 4.78 is 12.0. The fraction of sp³-hybridized carbons (Fsp3) is 0.429. The zero-order valence-corrected chi connectivity index (χ0v) is 12.5. The smallest absolute Gasteiger partial charge is 0.399 e. The maximum atomic E-state index is 10.9. The maximum absolute atomic E-state index is 10.9. The van der Waals surface area contributed by atoms with Crippen LogP contribution in [-0.4, -0.2) is 28.2 Å². The van der Waals surface area contributed by atoms with E-state index in [0.717, 1.165) is 16.4 Å². The fourth-order valence-electron chi connectivity index (χ4n) is 2.41. The first-order valence-corrected chi connectivity index (χ1v) is 6.82. The molecule has 6 nitrogen and oxygen atoms in total. The lowest BCUT2D eigenvalue weighted by atomic mass is 9.79. The number of hydrogen-bond donors (Lipinski definition) is 1. The molecule has 1 aliphatic heterocycles. The van der Waals surface area contributed by atoms with E-state index in [1.807, 2.05) is 27.7 Å². The highest BCUT2D eigenvalue weighted by Crippen LogP contribution is 2.37. The second-order valence-electron chi connectivity index (χ2n) is 6.32. The van der Waals surface area contributed by atoms with Crippen LogP contribution in [0.25, 0.3) is 10.9 Å². The number of rotatable bonds is 2. The van der Waals surface area contributed by atoms with E-state index in [2.05, 4.69) is 4.98 Å². The van der Waals surface area contributed by atoms with Crippen molar-refractivity contribution < 1.29 is 14.2 Å². The highest BCUT2D eigenvalue weighted by Gasteiger charge is 2.52. The summed E-state index contributed by atoms with van der Waals surface area (Å²) in [6, 6.07) is 4.72. The van der Waals surface area contributed by atoms with Gasteiger partial charge in [0.1, 0.15) is 0 Å². The molecule has 3 rings (SSSR count). The van der Waals surface area contributed by atoms with E-state index in [1.165, 1.54) is 6.07 Å². The Hall–Kier alpha value is -1.86. The number of benzene rings is 1. The number of aromatic amines is 1. The maximum Gasteiger partial charge on any atom is 0.497 e. The van der Waals surface area contributed by atoms with Crippen LogP contribution in [-0.2, 0) is 9.31 Å². The van der Waals surface area contributed by atoms with E-state index in [1.54, 1.807) is 18.3 Å². The Balaban J connectivity index is 2.06. The molecule has 2 aromatic rings. The summed E-state index contributed by atoms with van der Waals surface area (Å²) in [4.78, 5) is 13.6. The van der Waals surface area contributed by atoms with Gasteiger partial charge >= 0.3 is 7.12 Å². The summed E-state index contributed by atoms with van der Waals surface area (Å²) in [5.41, 5.74) is 0.779. The zero-order valence-electron chi connectivity index (χ0n) is 12.5. The SMILES string of the molecule is CC1(C)OB(c2c[nH]c3ccc([N+](=O)[O-])cc23)OC1(C)C. The van der Waals surface area contributed by atoms with Gasteiger partial charge in [0, 0.05) is 34.7 Å². The summed E-state index contributed by atoms with van der Waals surface area (Å²) in [7, 11) is -0.536. The van der Waals surface area contributed by atoms with E-state index < -0.39 is 23.2 Å². The summed E-state index contributed by atoms with van der Waals surface area (Å²) in [6.45, 7) is 7.91. The number of nitrogens with zero attached hydrogens (tertiary/aromatic N) is 1. The molecule has 0 saturated carbocycles. The molecule has 0 amide bonds. The summed E-state index contributed by atoms with van der Waals surface area (Å²) >= 11 is 0. The molecule has 0 unspecified atom stereocenters. The molecule has 1 fully saturated rings. The molecule has 2 heterocycles. The van der Waals surface area contributed by atoms with Crippen molar-refractivity contribution in [3.8, 4) is 0 Å². The molecule has 1 aliphatic rings. The monoisotopic (exact) mass is 288 g/mol. The van der Waals surface area contributed by atoms with Crippen molar-refractivity contribution in [2.45, 2.75) is 38.9 Å². The molecule has 1 aromatic heterocycles. The fourth-order valence-corrected chi connectivity index (χ4v) is 2.41. The number of fused-ring (bicyclic) bond motifs is 1.